The third kappa shape index (κ3) is 2.40. The summed E-state index contributed by atoms with van der Waals surface area (Å²) in [7, 11) is 0. The molecular weight excluding hydrogens is 229 g/mol. The average molecular weight is 231 g/mol. The van der Waals surface area contributed by atoms with Crippen molar-refractivity contribution in [2.45, 2.75) is 12.4 Å². The van der Waals surface area contributed by atoms with Gasteiger partial charge in [-0.05, 0) is 18.2 Å². The summed E-state index contributed by atoms with van der Waals surface area (Å²) < 4.78 is 84.7. The highest BCUT2D eigenvalue weighted by Gasteiger charge is 2.41. The first-order valence-corrected chi connectivity index (χ1v) is 3.48. The van der Waals surface area contributed by atoms with Gasteiger partial charge in [0.1, 0.15) is 5.82 Å². The van der Waals surface area contributed by atoms with Gasteiger partial charge in [-0.3, -0.25) is 0 Å². The third-order valence-corrected chi connectivity index (χ3v) is 1.54. The maximum Gasteiger partial charge on any atom is 0.419 e. The summed E-state index contributed by atoms with van der Waals surface area (Å²) in [6.07, 6.45) is -10.3. The second-order valence-electron chi connectivity index (χ2n) is 2.59. The molecule has 0 N–H and O–H groups in total. The molecule has 0 fully saturated rings. The van der Waals surface area contributed by atoms with E-state index in [4.69, 9.17) is 0 Å². The van der Waals surface area contributed by atoms with Crippen LogP contribution in [0.5, 0.6) is 0 Å². The molecule has 0 spiro atoms. The molecule has 0 aliphatic rings. The monoisotopic (exact) mass is 231 g/mol. The van der Waals surface area contributed by atoms with Crippen molar-refractivity contribution >= 4 is 0 Å². The molecule has 1 radical (unpaired) electrons. The molecule has 1 rings (SSSR count). The summed E-state index contributed by atoms with van der Waals surface area (Å²) in [6.45, 7) is 0. The molecule has 0 aliphatic carbocycles. The van der Waals surface area contributed by atoms with E-state index in [0.717, 1.165) is 0 Å². The van der Waals surface area contributed by atoms with Gasteiger partial charge < -0.3 is 0 Å². The molecule has 0 atom stereocenters. The Morgan fingerprint density at radius 2 is 1.13 bits per heavy atom. The number of benzene rings is 1. The predicted molar refractivity (Wildman–Crippen MR) is 35.2 cm³/mol. The Kier molecular flexibility index (Phi) is 2.67. The Morgan fingerprint density at radius 1 is 0.800 bits per heavy atom. The van der Waals surface area contributed by atoms with Crippen molar-refractivity contribution in [3.05, 3.63) is 35.1 Å². The third-order valence-electron chi connectivity index (χ3n) is 1.54. The van der Waals surface area contributed by atoms with Gasteiger partial charge >= 0.3 is 12.4 Å². The molecule has 0 amide bonds. The van der Waals surface area contributed by atoms with Crippen molar-refractivity contribution in [1.29, 1.82) is 0 Å². The maximum atomic E-state index is 12.8. The van der Waals surface area contributed by atoms with Crippen LogP contribution < -0.4 is 0 Å². The van der Waals surface area contributed by atoms with E-state index >= 15 is 0 Å². The summed E-state index contributed by atoms with van der Waals surface area (Å²) in [5, 5.41) is 0. The molecule has 7 heteroatoms. The molecule has 0 aromatic heterocycles. The van der Waals surface area contributed by atoms with Crippen molar-refractivity contribution < 1.29 is 30.7 Å². The molecular formula is C8H2F7. The van der Waals surface area contributed by atoms with Gasteiger partial charge in [0.15, 0.2) is 0 Å². The SMILES string of the molecule is Fc1c(C(F)(F)F)c[c]cc1C(F)(F)F. The minimum Gasteiger partial charge on any atom is -0.206 e. The molecule has 0 aliphatic heterocycles. The molecule has 0 bridgehead atoms. The zero-order valence-electron chi connectivity index (χ0n) is 6.80. The highest BCUT2D eigenvalue weighted by atomic mass is 19.4. The quantitative estimate of drug-likeness (QED) is 0.597. The molecule has 0 unspecified atom stereocenters. The highest BCUT2D eigenvalue weighted by Crippen LogP contribution is 2.37. The lowest BCUT2D eigenvalue weighted by Gasteiger charge is -2.12. The minimum absolute atomic E-state index is 0.130. The normalized spacial score (nSPS) is 13.0. The van der Waals surface area contributed by atoms with Crippen LogP contribution in [-0.4, -0.2) is 0 Å². The summed E-state index contributed by atoms with van der Waals surface area (Å²) in [4.78, 5) is 0. The van der Waals surface area contributed by atoms with Crippen molar-refractivity contribution in [2.24, 2.45) is 0 Å². The summed E-state index contributed by atoms with van der Waals surface area (Å²) >= 11 is 0. The Bertz CT molecular complexity index is 328. The van der Waals surface area contributed by atoms with Gasteiger partial charge in [-0.2, -0.15) is 26.3 Å². The molecule has 0 heterocycles. The van der Waals surface area contributed by atoms with Gasteiger partial charge in [0.05, 0.1) is 11.1 Å². The Balaban J connectivity index is 3.37. The number of halogens is 7. The van der Waals surface area contributed by atoms with E-state index < -0.39 is 29.3 Å². The first kappa shape index (κ1) is 11.8. The smallest absolute Gasteiger partial charge is 0.206 e. The van der Waals surface area contributed by atoms with E-state index in [2.05, 4.69) is 0 Å². The van der Waals surface area contributed by atoms with Crippen molar-refractivity contribution in [2.75, 3.05) is 0 Å². The van der Waals surface area contributed by atoms with E-state index in [9.17, 15) is 30.7 Å². The van der Waals surface area contributed by atoms with Gasteiger partial charge in [0.2, 0.25) is 0 Å². The van der Waals surface area contributed by atoms with Crippen LogP contribution in [0.3, 0.4) is 0 Å². The van der Waals surface area contributed by atoms with E-state index in [1.807, 2.05) is 0 Å². The second-order valence-corrected chi connectivity index (χ2v) is 2.59. The van der Waals surface area contributed by atoms with Crippen LogP contribution in [0.4, 0.5) is 30.7 Å². The average Bonchev–Trinajstić information content (AvgIpc) is 1.99. The van der Waals surface area contributed by atoms with Gasteiger partial charge in [-0.1, -0.05) is 0 Å². The highest BCUT2D eigenvalue weighted by molar-refractivity contribution is 5.29. The largest absolute Gasteiger partial charge is 0.419 e. The number of rotatable bonds is 0. The van der Waals surface area contributed by atoms with Crippen molar-refractivity contribution in [3.8, 4) is 0 Å². The summed E-state index contributed by atoms with van der Waals surface area (Å²) in [5.41, 5.74) is -3.95. The molecule has 1 aromatic rings. The first-order valence-electron chi connectivity index (χ1n) is 3.48. The van der Waals surface area contributed by atoms with Crippen molar-refractivity contribution in [1.82, 2.24) is 0 Å². The summed E-state index contributed by atoms with van der Waals surface area (Å²) in [6, 6.07) is 1.86. The topological polar surface area (TPSA) is 0 Å². The standard InChI is InChI=1S/C8H2F7/c9-6-4(7(10,11)12)2-1-3-5(6)8(13,14)15/h2-3H. The summed E-state index contributed by atoms with van der Waals surface area (Å²) in [5.74, 6) is -2.33. The second kappa shape index (κ2) is 3.39. The molecule has 83 valence electrons. The first-order chi connectivity index (χ1) is 6.64. The molecule has 15 heavy (non-hydrogen) atoms. The van der Waals surface area contributed by atoms with E-state index in [0.29, 0.717) is 0 Å². The Hall–Kier alpha value is -1.27. The van der Waals surface area contributed by atoms with Gasteiger partial charge in [-0.15, -0.1) is 0 Å². The van der Waals surface area contributed by atoms with Gasteiger partial charge in [-0.25, -0.2) is 4.39 Å². The number of hydrogen-bond acceptors (Lipinski definition) is 0. The van der Waals surface area contributed by atoms with E-state index in [1.54, 1.807) is 6.07 Å². The predicted octanol–water partition coefficient (Wildman–Crippen LogP) is 3.66. The van der Waals surface area contributed by atoms with Crippen LogP contribution in [0.15, 0.2) is 12.1 Å². The zero-order valence-corrected chi connectivity index (χ0v) is 6.80. The molecule has 0 saturated heterocycles. The fraction of sp³-hybridized carbons (Fsp3) is 0.250. The molecule has 0 saturated carbocycles. The lowest BCUT2D eigenvalue weighted by Crippen LogP contribution is -2.15. The number of hydrogen-bond donors (Lipinski definition) is 0. The van der Waals surface area contributed by atoms with E-state index in [-0.39, 0.29) is 12.1 Å². The van der Waals surface area contributed by atoms with Crippen LogP contribution in [0.2, 0.25) is 0 Å². The molecule has 1 aromatic carbocycles. The van der Waals surface area contributed by atoms with Gasteiger partial charge in [0.25, 0.3) is 0 Å². The number of alkyl halides is 6. The lowest BCUT2D eigenvalue weighted by atomic mass is 10.1. The fourth-order valence-corrected chi connectivity index (χ4v) is 0.893. The van der Waals surface area contributed by atoms with Crippen LogP contribution in [0.25, 0.3) is 0 Å². The molecule has 0 nitrogen and oxygen atoms in total. The maximum absolute atomic E-state index is 12.8. The lowest BCUT2D eigenvalue weighted by molar-refractivity contribution is -0.147. The Labute approximate surface area is 79.3 Å². The van der Waals surface area contributed by atoms with Crippen LogP contribution in [-0.2, 0) is 12.4 Å². The van der Waals surface area contributed by atoms with E-state index in [1.165, 1.54) is 0 Å². The van der Waals surface area contributed by atoms with Crippen LogP contribution >= 0.6 is 0 Å². The zero-order chi connectivity index (χ0) is 11.9. The van der Waals surface area contributed by atoms with Crippen LogP contribution in [0.1, 0.15) is 11.1 Å². The fourth-order valence-electron chi connectivity index (χ4n) is 0.893. The minimum atomic E-state index is -5.16. The Morgan fingerprint density at radius 3 is 1.40 bits per heavy atom. The van der Waals surface area contributed by atoms with Crippen molar-refractivity contribution in [3.63, 3.8) is 0 Å². The van der Waals surface area contributed by atoms with Crippen LogP contribution in [0, 0.1) is 11.9 Å². The van der Waals surface area contributed by atoms with Gasteiger partial charge in [0, 0.05) is 0 Å².